The third-order valence-corrected chi connectivity index (χ3v) is 2.72. The minimum Gasteiger partial charge on any atom is -0.496 e. The summed E-state index contributed by atoms with van der Waals surface area (Å²) in [6.45, 7) is 1.97. The van der Waals surface area contributed by atoms with Crippen molar-refractivity contribution in [2.45, 2.75) is 19.4 Å². The topological polar surface area (TPSA) is 44.5 Å². The van der Waals surface area contributed by atoms with Gasteiger partial charge in [-0.3, -0.25) is 0 Å². The van der Waals surface area contributed by atoms with Gasteiger partial charge in [0.2, 0.25) is 0 Å². The summed E-state index contributed by atoms with van der Waals surface area (Å²) < 4.78 is 11.8. The van der Waals surface area contributed by atoms with E-state index in [4.69, 9.17) is 15.2 Å². The van der Waals surface area contributed by atoms with Gasteiger partial charge in [0.15, 0.2) is 0 Å². The molecule has 0 bridgehead atoms. The number of rotatable bonds is 4. The van der Waals surface area contributed by atoms with E-state index in [1.54, 1.807) is 14.2 Å². The SMILES string of the molecule is COc1cc(I)cc(OC)c1C[C@@H](C)N. The Morgan fingerprint density at radius 2 is 1.73 bits per heavy atom. The van der Waals surface area contributed by atoms with E-state index in [0.717, 1.165) is 27.1 Å². The maximum absolute atomic E-state index is 5.80. The van der Waals surface area contributed by atoms with Crippen molar-refractivity contribution < 1.29 is 9.47 Å². The van der Waals surface area contributed by atoms with Crippen molar-refractivity contribution in [3.63, 3.8) is 0 Å². The van der Waals surface area contributed by atoms with Crippen LogP contribution in [0.2, 0.25) is 0 Å². The summed E-state index contributed by atoms with van der Waals surface area (Å²) in [7, 11) is 3.32. The maximum Gasteiger partial charge on any atom is 0.126 e. The van der Waals surface area contributed by atoms with Crippen LogP contribution in [0.5, 0.6) is 11.5 Å². The second-order valence-electron chi connectivity index (χ2n) is 3.47. The Labute approximate surface area is 104 Å². The van der Waals surface area contributed by atoms with Crippen LogP contribution >= 0.6 is 22.6 Å². The summed E-state index contributed by atoms with van der Waals surface area (Å²) in [6.07, 6.45) is 0.753. The number of benzene rings is 1. The van der Waals surface area contributed by atoms with Crippen molar-refractivity contribution in [3.8, 4) is 11.5 Å². The van der Waals surface area contributed by atoms with Crippen molar-refractivity contribution in [2.24, 2.45) is 5.73 Å². The predicted octanol–water partition coefficient (Wildman–Crippen LogP) is 2.20. The Balaban J connectivity index is 3.18. The molecule has 0 heterocycles. The van der Waals surface area contributed by atoms with Crippen molar-refractivity contribution in [3.05, 3.63) is 21.3 Å². The zero-order valence-corrected chi connectivity index (χ0v) is 11.4. The Morgan fingerprint density at radius 3 is 2.07 bits per heavy atom. The molecule has 0 aliphatic heterocycles. The minimum absolute atomic E-state index is 0.0906. The fourth-order valence-corrected chi connectivity index (χ4v) is 2.04. The predicted molar refractivity (Wildman–Crippen MR) is 69.6 cm³/mol. The van der Waals surface area contributed by atoms with E-state index in [9.17, 15) is 0 Å². The van der Waals surface area contributed by atoms with Crippen LogP contribution in [0.3, 0.4) is 0 Å². The van der Waals surface area contributed by atoms with Gasteiger partial charge in [-0.15, -0.1) is 0 Å². The summed E-state index contributed by atoms with van der Waals surface area (Å²) >= 11 is 2.24. The molecule has 0 saturated heterocycles. The van der Waals surface area contributed by atoms with Gasteiger partial charge in [-0.1, -0.05) is 0 Å². The first-order chi connectivity index (χ1) is 7.08. The van der Waals surface area contributed by atoms with Crippen LogP contribution in [0.15, 0.2) is 12.1 Å². The van der Waals surface area contributed by atoms with Gasteiger partial charge in [0, 0.05) is 15.2 Å². The van der Waals surface area contributed by atoms with Gasteiger partial charge in [-0.05, 0) is 48.1 Å². The number of hydrogen-bond donors (Lipinski definition) is 1. The fourth-order valence-electron chi connectivity index (χ4n) is 1.48. The summed E-state index contributed by atoms with van der Waals surface area (Å²) in [5.41, 5.74) is 6.83. The Bertz CT molecular complexity index is 314. The van der Waals surface area contributed by atoms with Crippen LogP contribution in [-0.2, 0) is 6.42 Å². The first-order valence-corrected chi connectivity index (χ1v) is 5.82. The molecule has 1 aromatic rings. The van der Waals surface area contributed by atoms with Gasteiger partial charge in [0.25, 0.3) is 0 Å². The van der Waals surface area contributed by atoms with Gasteiger partial charge < -0.3 is 15.2 Å². The monoisotopic (exact) mass is 321 g/mol. The summed E-state index contributed by atoms with van der Waals surface area (Å²) in [4.78, 5) is 0. The largest absolute Gasteiger partial charge is 0.496 e. The number of ether oxygens (including phenoxy) is 2. The molecule has 1 aromatic carbocycles. The van der Waals surface area contributed by atoms with E-state index in [2.05, 4.69) is 22.6 Å². The van der Waals surface area contributed by atoms with Gasteiger partial charge in [0.1, 0.15) is 11.5 Å². The number of halogens is 1. The molecule has 0 amide bonds. The van der Waals surface area contributed by atoms with Crippen LogP contribution in [0.1, 0.15) is 12.5 Å². The van der Waals surface area contributed by atoms with Gasteiger partial charge in [-0.25, -0.2) is 0 Å². The normalized spacial score (nSPS) is 12.3. The lowest BCUT2D eigenvalue weighted by molar-refractivity contribution is 0.383. The second-order valence-corrected chi connectivity index (χ2v) is 4.72. The zero-order valence-electron chi connectivity index (χ0n) is 9.21. The molecule has 0 unspecified atom stereocenters. The minimum atomic E-state index is 0.0906. The molecule has 0 aromatic heterocycles. The zero-order chi connectivity index (χ0) is 11.4. The molecule has 0 aliphatic rings. The molecule has 3 nitrogen and oxygen atoms in total. The van der Waals surface area contributed by atoms with Gasteiger partial charge in [0.05, 0.1) is 14.2 Å². The molecule has 15 heavy (non-hydrogen) atoms. The Morgan fingerprint density at radius 1 is 1.27 bits per heavy atom. The van der Waals surface area contributed by atoms with Crippen LogP contribution in [0, 0.1) is 3.57 Å². The molecule has 0 spiro atoms. The van der Waals surface area contributed by atoms with Crippen molar-refractivity contribution in [1.82, 2.24) is 0 Å². The average molecular weight is 321 g/mol. The molecular formula is C11H16INO2. The Hall–Kier alpha value is -0.490. The third kappa shape index (κ3) is 3.24. The summed E-state index contributed by atoms with van der Waals surface area (Å²) in [5.74, 6) is 1.69. The van der Waals surface area contributed by atoms with E-state index in [0.29, 0.717) is 0 Å². The van der Waals surface area contributed by atoms with Gasteiger partial charge >= 0.3 is 0 Å². The van der Waals surface area contributed by atoms with Crippen LogP contribution in [0.25, 0.3) is 0 Å². The van der Waals surface area contributed by atoms with E-state index >= 15 is 0 Å². The first kappa shape index (κ1) is 12.6. The van der Waals surface area contributed by atoms with Crippen molar-refractivity contribution in [1.29, 1.82) is 0 Å². The summed E-state index contributed by atoms with van der Waals surface area (Å²) in [5, 5.41) is 0. The molecule has 0 aliphatic carbocycles. The van der Waals surface area contributed by atoms with E-state index in [-0.39, 0.29) is 6.04 Å². The molecular weight excluding hydrogens is 305 g/mol. The molecule has 0 saturated carbocycles. The molecule has 2 N–H and O–H groups in total. The molecule has 4 heteroatoms. The highest BCUT2D eigenvalue weighted by Crippen LogP contribution is 2.31. The molecule has 0 radical (unpaired) electrons. The maximum atomic E-state index is 5.80. The second kappa shape index (κ2) is 5.55. The standard InChI is InChI=1S/C11H16INO2/c1-7(13)4-9-10(14-2)5-8(12)6-11(9)15-3/h5-7H,4,13H2,1-3H3/t7-/m1/s1. The lowest BCUT2D eigenvalue weighted by Crippen LogP contribution is -2.18. The first-order valence-electron chi connectivity index (χ1n) is 4.74. The van der Waals surface area contributed by atoms with Crippen LogP contribution < -0.4 is 15.2 Å². The smallest absolute Gasteiger partial charge is 0.126 e. The van der Waals surface area contributed by atoms with E-state index in [1.165, 1.54) is 0 Å². The lowest BCUT2D eigenvalue weighted by atomic mass is 10.1. The number of hydrogen-bond acceptors (Lipinski definition) is 3. The quantitative estimate of drug-likeness (QED) is 0.865. The molecule has 0 fully saturated rings. The lowest BCUT2D eigenvalue weighted by Gasteiger charge is -2.15. The van der Waals surface area contributed by atoms with Gasteiger partial charge in [-0.2, -0.15) is 0 Å². The van der Waals surface area contributed by atoms with Crippen molar-refractivity contribution in [2.75, 3.05) is 14.2 Å². The number of methoxy groups -OCH3 is 2. The van der Waals surface area contributed by atoms with Crippen molar-refractivity contribution >= 4 is 22.6 Å². The molecule has 1 atom stereocenters. The Kier molecular flexibility index (Phi) is 4.66. The van der Waals surface area contributed by atoms with Crippen LogP contribution in [-0.4, -0.2) is 20.3 Å². The van der Waals surface area contributed by atoms with Crippen LogP contribution in [0.4, 0.5) is 0 Å². The highest BCUT2D eigenvalue weighted by molar-refractivity contribution is 14.1. The summed E-state index contributed by atoms with van der Waals surface area (Å²) in [6, 6.07) is 4.06. The third-order valence-electron chi connectivity index (χ3n) is 2.10. The van der Waals surface area contributed by atoms with E-state index in [1.807, 2.05) is 19.1 Å². The fraction of sp³-hybridized carbons (Fsp3) is 0.455. The molecule has 84 valence electrons. The highest BCUT2D eigenvalue weighted by Gasteiger charge is 2.13. The van der Waals surface area contributed by atoms with E-state index < -0.39 is 0 Å². The highest BCUT2D eigenvalue weighted by atomic mass is 127. The molecule has 1 rings (SSSR count). The number of nitrogens with two attached hydrogens (primary N) is 1. The average Bonchev–Trinajstić information content (AvgIpc) is 2.19.